The minimum Gasteiger partial charge on any atom is -0.311 e. The van der Waals surface area contributed by atoms with E-state index in [1.165, 1.54) is 72.0 Å². The van der Waals surface area contributed by atoms with Crippen molar-refractivity contribution >= 4 is 57.2 Å². The lowest BCUT2D eigenvalue weighted by Crippen LogP contribution is -2.61. The third kappa shape index (κ3) is 5.83. The zero-order chi connectivity index (χ0) is 47.9. The number of aryl methyl sites for hydroxylation is 3. The minimum atomic E-state index is -2.35. The third-order valence-corrected chi connectivity index (χ3v) is 17.0. The Morgan fingerprint density at radius 1 is 0.422 bits per heavy atom. The summed E-state index contributed by atoms with van der Waals surface area (Å²) in [6.07, 6.45) is 4.37. The molecule has 0 saturated heterocycles. The van der Waals surface area contributed by atoms with E-state index in [0.717, 1.165) is 59.8 Å². The topological polar surface area (TPSA) is 6.48 Å². The maximum atomic E-state index is 9.18. The summed E-state index contributed by atoms with van der Waals surface area (Å²) >= 11 is 0. The maximum Gasteiger partial charge on any atom is 0.252 e. The molecule has 6 aromatic rings. The van der Waals surface area contributed by atoms with Gasteiger partial charge in [0.2, 0.25) is 0 Å². The average molecular weight is 844 g/mol. The van der Waals surface area contributed by atoms with Gasteiger partial charge in [-0.3, -0.25) is 0 Å². The fourth-order valence-corrected chi connectivity index (χ4v) is 14.1. The number of hydrogen-bond donors (Lipinski definition) is 0. The molecule has 0 saturated carbocycles. The van der Waals surface area contributed by atoms with Gasteiger partial charge in [0.05, 0.1) is 0 Å². The molecule has 0 unspecified atom stereocenters. The van der Waals surface area contributed by atoms with E-state index < -0.39 is 6.85 Å². The van der Waals surface area contributed by atoms with Crippen LogP contribution in [-0.4, -0.2) is 6.71 Å². The van der Waals surface area contributed by atoms with Crippen LogP contribution in [-0.2, 0) is 32.5 Å². The highest BCUT2D eigenvalue weighted by Crippen LogP contribution is 2.56. The number of rotatable bonds is 3. The molecule has 64 heavy (non-hydrogen) atoms. The summed E-state index contributed by atoms with van der Waals surface area (Å²) in [5.41, 5.74) is 23.7. The Bertz CT molecular complexity index is 3110. The zero-order valence-corrected chi connectivity index (χ0v) is 41.0. The zero-order valence-electron chi connectivity index (χ0n) is 44.0. The highest BCUT2D eigenvalue weighted by Gasteiger charge is 2.50. The number of nitrogens with zero attached hydrogens (tertiary/aromatic N) is 2. The Labute approximate surface area is 389 Å². The van der Waals surface area contributed by atoms with Crippen molar-refractivity contribution in [2.45, 2.75) is 162 Å². The van der Waals surface area contributed by atoms with Crippen LogP contribution < -0.4 is 26.2 Å². The van der Waals surface area contributed by atoms with Crippen molar-refractivity contribution < 1.29 is 4.11 Å². The fourth-order valence-electron chi connectivity index (χ4n) is 14.1. The molecule has 0 spiro atoms. The van der Waals surface area contributed by atoms with Crippen molar-refractivity contribution in [1.82, 2.24) is 0 Å². The second kappa shape index (κ2) is 13.1. The molecule has 2 nitrogen and oxygen atoms in total. The molecule has 326 valence electrons. The highest BCUT2D eigenvalue weighted by molar-refractivity contribution is 7.00. The van der Waals surface area contributed by atoms with Gasteiger partial charge in [-0.05, 0) is 193 Å². The second-order valence-electron chi connectivity index (χ2n) is 24.7. The van der Waals surface area contributed by atoms with Crippen LogP contribution in [0.25, 0.3) is 11.1 Å². The number of hydrogen-bond acceptors (Lipinski definition) is 2. The molecule has 3 aliphatic carbocycles. The highest BCUT2D eigenvalue weighted by atomic mass is 15.2. The van der Waals surface area contributed by atoms with Crippen LogP contribution in [0.5, 0.6) is 0 Å². The first-order valence-electron chi connectivity index (χ1n) is 25.6. The molecule has 0 N–H and O–H groups in total. The normalized spacial score (nSPS) is 21.4. The van der Waals surface area contributed by atoms with Crippen molar-refractivity contribution in [2.24, 2.45) is 0 Å². The van der Waals surface area contributed by atoms with E-state index in [4.69, 9.17) is 0 Å². The average Bonchev–Trinajstić information content (AvgIpc) is 3.54. The van der Waals surface area contributed by atoms with Crippen molar-refractivity contribution in [1.29, 1.82) is 0 Å². The van der Waals surface area contributed by atoms with Crippen molar-refractivity contribution in [3.8, 4) is 11.1 Å². The first-order chi connectivity index (χ1) is 31.1. The quantitative estimate of drug-likeness (QED) is 0.164. The summed E-state index contributed by atoms with van der Waals surface area (Å²) in [6, 6.07) is 36.9. The van der Waals surface area contributed by atoms with E-state index in [2.05, 4.69) is 192 Å². The van der Waals surface area contributed by atoms with Crippen LogP contribution in [0, 0.1) is 20.7 Å². The Morgan fingerprint density at radius 3 is 1.39 bits per heavy atom. The van der Waals surface area contributed by atoms with E-state index >= 15 is 0 Å². The second-order valence-corrected chi connectivity index (χ2v) is 24.7. The van der Waals surface area contributed by atoms with Gasteiger partial charge >= 0.3 is 0 Å². The molecule has 0 aromatic heterocycles. The summed E-state index contributed by atoms with van der Waals surface area (Å²) in [7, 11) is 0. The summed E-state index contributed by atoms with van der Waals surface area (Å²) in [6.45, 7) is 30.9. The van der Waals surface area contributed by atoms with Gasteiger partial charge in [-0.15, -0.1) is 0 Å². The summed E-state index contributed by atoms with van der Waals surface area (Å²) < 4.78 is 27.5. The van der Waals surface area contributed by atoms with Crippen LogP contribution in [0.1, 0.15) is 163 Å². The molecule has 2 aliphatic heterocycles. The van der Waals surface area contributed by atoms with E-state index in [-0.39, 0.29) is 39.2 Å². The van der Waals surface area contributed by atoms with Gasteiger partial charge in [0.25, 0.3) is 6.71 Å². The van der Waals surface area contributed by atoms with Crippen LogP contribution in [0.15, 0.2) is 97.1 Å². The van der Waals surface area contributed by atoms with E-state index in [0.29, 0.717) is 5.56 Å². The predicted octanol–water partition coefficient (Wildman–Crippen LogP) is 14.6. The Kier molecular flexibility index (Phi) is 7.82. The molecule has 6 aromatic carbocycles. The van der Waals surface area contributed by atoms with Crippen molar-refractivity contribution in [2.75, 3.05) is 9.80 Å². The lowest BCUT2D eigenvalue weighted by molar-refractivity contribution is 0.332. The van der Waals surface area contributed by atoms with Gasteiger partial charge in [-0.1, -0.05) is 144 Å². The number of benzene rings is 6. The number of anilines is 6. The van der Waals surface area contributed by atoms with Gasteiger partial charge < -0.3 is 9.80 Å². The van der Waals surface area contributed by atoms with Gasteiger partial charge in [0, 0.05) is 38.2 Å². The smallest absolute Gasteiger partial charge is 0.252 e. The summed E-state index contributed by atoms with van der Waals surface area (Å²) in [5, 5.41) is 0. The molecule has 0 radical (unpaired) electrons. The molecule has 0 atom stereocenters. The van der Waals surface area contributed by atoms with E-state index in [1.807, 2.05) is 12.1 Å². The van der Waals surface area contributed by atoms with Crippen LogP contribution in [0.4, 0.5) is 34.1 Å². The van der Waals surface area contributed by atoms with E-state index in [9.17, 15) is 4.11 Å². The molecule has 11 rings (SSSR count). The van der Waals surface area contributed by atoms with Crippen LogP contribution in [0.2, 0.25) is 0 Å². The first-order valence-corrected chi connectivity index (χ1v) is 24.1. The predicted molar refractivity (Wildman–Crippen MR) is 277 cm³/mol. The Morgan fingerprint density at radius 2 is 0.859 bits per heavy atom. The minimum absolute atomic E-state index is 0.0185. The molecule has 0 amide bonds. The van der Waals surface area contributed by atoms with Crippen molar-refractivity contribution in [3.05, 3.63) is 147 Å². The third-order valence-electron chi connectivity index (χ3n) is 17.0. The summed E-state index contributed by atoms with van der Waals surface area (Å²) in [5.74, 6) is 0. The molecule has 5 aliphatic rings. The summed E-state index contributed by atoms with van der Waals surface area (Å²) in [4.78, 5) is 4.97. The van der Waals surface area contributed by atoms with Crippen LogP contribution in [0.3, 0.4) is 0 Å². The van der Waals surface area contributed by atoms with Crippen LogP contribution >= 0.6 is 0 Å². The maximum absolute atomic E-state index is 9.18. The standard InChI is InChI=1S/C61H69BN2/c1-36-25-53-55-54(26-36)64(51-31-44-41(27-37(51)2)56(4,5)23-24-57(44,6)7)52-33-46-43(59(10,11)35-61(46,14)15)30-48(52)62(55)47-29-40(39-19-17-16-18-20-39)21-22-49(47)63(53)50-32-45-42(28-38(50)3)58(8,9)34-60(45,12)13/h16-22,25-33H,23-24,34-35H2,1-15H3/i1D3. The SMILES string of the molecule is [2H]C([2H])([2H])c1cc2c3c(c1)N(c1cc4c(cc1C)C(C)(C)CCC4(C)C)c1cc4c(cc1B3c1cc(-c3ccccc3)ccc1N2c1cc2c(cc1C)C(C)(C)CC2(C)C)C(C)(C)CC4(C)C. The number of fused-ring (bicyclic) bond motifs is 7. The van der Waals surface area contributed by atoms with Gasteiger partial charge in [-0.2, -0.15) is 0 Å². The first kappa shape index (κ1) is 38.3. The fraction of sp³-hybridized carbons (Fsp3) is 0.410. The monoisotopic (exact) mass is 844 g/mol. The van der Waals surface area contributed by atoms with Gasteiger partial charge in [0.1, 0.15) is 0 Å². The molecule has 0 bridgehead atoms. The lowest BCUT2D eigenvalue weighted by atomic mass is 9.33. The van der Waals surface area contributed by atoms with Gasteiger partial charge in [-0.25, -0.2) is 0 Å². The Balaban J connectivity index is 1.30. The molecule has 3 heteroatoms. The molecule has 0 fully saturated rings. The lowest BCUT2D eigenvalue weighted by Gasteiger charge is -2.47. The van der Waals surface area contributed by atoms with Crippen molar-refractivity contribution in [3.63, 3.8) is 0 Å². The molecular formula is C61H69BN2. The molecular weight excluding hydrogens is 771 g/mol. The largest absolute Gasteiger partial charge is 0.311 e. The van der Waals surface area contributed by atoms with Gasteiger partial charge in [0.15, 0.2) is 0 Å². The van der Waals surface area contributed by atoms with E-state index in [1.54, 1.807) is 0 Å². The molecule has 2 heterocycles. The Hall–Kier alpha value is -5.02.